The minimum absolute atomic E-state index is 0.0656. The predicted octanol–water partition coefficient (Wildman–Crippen LogP) is 1.69. The lowest BCUT2D eigenvalue weighted by Gasteiger charge is -1.97. The Morgan fingerprint density at radius 3 is 2.63 bits per heavy atom. The Bertz CT molecular complexity index is 790. The lowest BCUT2D eigenvalue weighted by atomic mass is 10.2. The summed E-state index contributed by atoms with van der Waals surface area (Å²) in [6.45, 7) is 2.03. The van der Waals surface area contributed by atoms with E-state index in [4.69, 9.17) is 5.73 Å². The van der Waals surface area contributed by atoms with Crippen molar-refractivity contribution in [1.82, 2.24) is 19.9 Å². The van der Waals surface area contributed by atoms with Crippen LogP contribution in [0.4, 0.5) is 5.95 Å². The van der Waals surface area contributed by atoms with Crippen molar-refractivity contribution in [1.29, 1.82) is 0 Å². The molecule has 96 valence electrons. The summed E-state index contributed by atoms with van der Waals surface area (Å²) in [4.78, 5) is 26.3. The van der Waals surface area contributed by atoms with Gasteiger partial charge in [0.1, 0.15) is 0 Å². The van der Waals surface area contributed by atoms with Gasteiger partial charge in [-0.1, -0.05) is 29.5 Å². The molecule has 2 heterocycles. The second-order valence-corrected chi connectivity index (χ2v) is 5.17. The van der Waals surface area contributed by atoms with Crippen LogP contribution in [0.25, 0.3) is 11.2 Å². The van der Waals surface area contributed by atoms with Crippen LogP contribution in [0.1, 0.15) is 5.56 Å². The maximum Gasteiger partial charge on any atom is 0.278 e. The van der Waals surface area contributed by atoms with Crippen molar-refractivity contribution in [2.75, 3.05) is 5.73 Å². The van der Waals surface area contributed by atoms with Gasteiger partial charge >= 0.3 is 0 Å². The van der Waals surface area contributed by atoms with Crippen LogP contribution in [0.2, 0.25) is 0 Å². The van der Waals surface area contributed by atoms with Crippen molar-refractivity contribution < 1.29 is 0 Å². The van der Waals surface area contributed by atoms with Crippen LogP contribution in [0.3, 0.4) is 0 Å². The quantitative estimate of drug-likeness (QED) is 0.659. The monoisotopic (exact) mass is 273 g/mol. The number of aromatic amines is 2. The molecule has 0 unspecified atom stereocenters. The summed E-state index contributed by atoms with van der Waals surface area (Å²) >= 11 is 1.44. The zero-order chi connectivity index (χ0) is 13.4. The Hall–Kier alpha value is -2.28. The molecule has 1 aromatic carbocycles. The highest BCUT2D eigenvalue weighted by molar-refractivity contribution is 7.99. The summed E-state index contributed by atoms with van der Waals surface area (Å²) in [6, 6.07) is 8.04. The number of benzene rings is 1. The molecule has 0 saturated heterocycles. The molecule has 3 aromatic rings. The van der Waals surface area contributed by atoms with Crippen molar-refractivity contribution in [3.8, 4) is 0 Å². The zero-order valence-electron chi connectivity index (χ0n) is 10.1. The lowest BCUT2D eigenvalue weighted by Crippen LogP contribution is -2.10. The van der Waals surface area contributed by atoms with Gasteiger partial charge in [-0.05, 0) is 19.1 Å². The van der Waals surface area contributed by atoms with Crippen molar-refractivity contribution in [3.05, 3.63) is 40.2 Å². The van der Waals surface area contributed by atoms with Gasteiger partial charge in [-0.2, -0.15) is 4.98 Å². The number of rotatable bonds is 2. The van der Waals surface area contributed by atoms with Gasteiger partial charge in [-0.3, -0.25) is 9.78 Å². The average molecular weight is 273 g/mol. The van der Waals surface area contributed by atoms with Crippen LogP contribution in [0.5, 0.6) is 0 Å². The molecule has 0 atom stereocenters. The Kier molecular flexibility index (Phi) is 2.75. The topological polar surface area (TPSA) is 100 Å². The average Bonchev–Trinajstić information content (AvgIpc) is 2.75. The number of anilines is 1. The Labute approximate surface area is 112 Å². The van der Waals surface area contributed by atoms with E-state index in [9.17, 15) is 4.79 Å². The van der Waals surface area contributed by atoms with E-state index in [2.05, 4.69) is 19.9 Å². The molecule has 0 aliphatic heterocycles. The van der Waals surface area contributed by atoms with Gasteiger partial charge in [0.05, 0.1) is 0 Å². The molecule has 7 heteroatoms. The molecular weight excluding hydrogens is 262 g/mol. The van der Waals surface area contributed by atoms with Crippen LogP contribution >= 0.6 is 11.8 Å². The molecule has 0 aliphatic rings. The second-order valence-electron chi connectivity index (χ2n) is 4.11. The Morgan fingerprint density at radius 1 is 1.16 bits per heavy atom. The molecular formula is C12H11N5OS. The fourth-order valence-electron chi connectivity index (χ4n) is 1.67. The standard InChI is InChI=1S/C12H11N5OS/c1-6-2-4-7(5-3-6)19-12-14-8-9(16-12)15-11(13)17-10(8)18/h2-5H,1H3,(H4,13,14,15,16,17,18). The third-order valence-corrected chi connectivity index (χ3v) is 3.49. The molecule has 6 nitrogen and oxygen atoms in total. The summed E-state index contributed by atoms with van der Waals surface area (Å²) < 4.78 is 0. The first-order chi connectivity index (χ1) is 9.11. The van der Waals surface area contributed by atoms with E-state index in [0.29, 0.717) is 16.3 Å². The zero-order valence-corrected chi connectivity index (χ0v) is 10.9. The number of imidazole rings is 1. The summed E-state index contributed by atoms with van der Waals surface area (Å²) in [5, 5.41) is 0.613. The summed E-state index contributed by atoms with van der Waals surface area (Å²) in [5.74, 6) is 0.0656. The number of fused-ring (bicyclic) bond motifs is 1. The smallest absolute Gasteiger partial charge is 0.278 e. The molecule has 0 aliphatic carbocycles. The van der Waals surface area contributed by atoms with Crippen molar-refractivity contribution >= 4 is 28.9 Å². The first kappa shape index (κ1) is 11.8. The lowest BCUT2D eigenvalue weighted by molar-refractivity contribution is 1.07. The van der Waals surface area contributed by atoms with Gasteiger partial charge in [0.2, 0.25) is 5.95 Å². The number of nitrogens with two attached hydrogens (primary N) is 1. The normalized spacial score (nSPS) is 11.0. The number of nitrogen functional groups attached to an aromatic ring is 1. The third-order valence-electron chi connectivity index (χ3n) is 2.59. The van der Waals surface area contributed by atoms with E-state index in [-0.39, 0.29) is 11.5 Å². The molecule has 2 aromatic heterocycles. The fraction of sp³-hybridized carbons (Fsp3) is 0.0833. The molecule has 0 radical (unpaired) electrons. The predicted molar refractivity (Wildman–Crippen MR) is 74.2 cm³/mol. The van der Waals surface area contributed by atoms with Crippen LogP contribution < -0.4 is 11.3 Å². The largest absolute Gasteiger partial charge is 0.369 e. The number of nitrogens with one attached hydrogen (secondary N) is 2. The van der Waals surface area contributed by atoms with Gasteiger partial charge in [-0.25, -0.2) is 4.98 Å². The van der Waals surface area contributed by atoms with Gasteiger partial charge in [0.25, 0.3) is 5.56 Å². The molecule has 0 fully saturated rings. The van der Waals surface area contributed by atoms with E-state index in [1.807, 2.05) is 31.2 Å². The maximum absolute atomic E-state index is 11.7. The summed E-state index contributed by atoms with van der Waals surface area (Å²) in [6.07, 6.45) is 0. The van der Waals surface area contributed by atoms with E-state index >= 15 is 0 Å². The number of aryl methyl sites for hydroxylation is 1. The summed E-state index contributed by atoms with van der Waals surface area (Å²) in [5.41, 5.74) is 7.02. The molecule has 0 bridgehead atoms. The van der Waals surface area contributed by atoms with Crippen molar-refractivity contribution in [2.24, 2.45) is 0 Å². The van der Waals surface area contributed by atoms with E-state index in [0.717, 1.165) is 4.90 Å². The van der Waals surface area contributed by atoms with Crippen molar-refractivity contribution in [2.45, 2.75) is 17.0 Å². The SMILES string of the molecule is Cc1ccc(Sc2nc3nc(N)[nH]c(=O)c3[nH]2)cc1. The molecule has 0 amide bonds. The molecule has 19 heavy (non-hydrogen) atoms. The first-order valence-corrected chi connectivity index (χ1v) is 6.43. The van der Waals surface area contributed by atoms with E-state index in [1.165, 1.54) is 17.3 Å². The van der Waals surface area contributed by atoms with E-state index in [1.54, 1.807) is 0 Å². The van der Waals surface area contributed by atoms with Crippen LogP contribution in [-0.4, -0.2) is 19.9 Å². The maximum atomic E-state index is 11.7. The fourth-order valence-corrected chi connectivity index (χ4v) is 2.45. The van der Waals surface area contributed by atoms with Gasteiger partial charge in [0.15, 0.2) is 16.3 Å². The number of nitrogens with zero attached hydrogens (tertiary/aromatic N) is 2. The Morgan fingerprint density at radius 2 is 1.89 bits per heavy atom. The number of hydrogen-bond acceptors (Lipinski definition) is 5. The van der Waals surface area contributed by atoms with Gasteiger partial charge in [-0.15, -0.1) is 0 Å². The molecule has 0 saturated carbocycles. The number of aromatic nitrogens is 4. The minimum Gasteiger partial charge on any atom is -0.369 e. The van der Waals surface area contributed by atoms with Crippen molar-refractivity contribution in [3.63, 3.8) is 0 Å². The highest BCUT2D eigenvalue weighted by atomic mass is 32.2. The second kappa shape index (κ2) is 4.43. The molecule has 3 rings (SSSR count). The van der Waals surface area contributed by atoms with Gasteiger partial charge < -0.3 is 10.7 Å². The molecule has 4 N–H and O–H groups in total. The minimum atomic E-state index is -0.314. The van der Waals surface area contributed by atoms with Gasteiger partial charge in [0, 0.05) is 4.90 Å². The third kappa shape index (κ3) is 2.32. The van der Waals surface area contributed by atoms with Crippen LogP contribution in [0, 0.1) is 6.92 Å². The highest BCUT2D eigenvalue weighted by Gasteiger charge is 2.09. The highest BCUT2D eigenvalue weighted by Crippen LogP contribution is 2.26. The van der Waals surface area contributed by atoms with E-state index < -0.39 is 0 Å². The first-order valence-electron chi connectivity index (χ1n) is 5.62. The number of hydrogen-bond donors (Lipinski definition) is 3. The Balaban J connectivity index is 2.00. The summed E-state index contributed by atoms with van der Waals surface area (Å²) in [7, 11) is 0. The van der Waals surface area contributed by atoms with Crippen LogP contribution in [0.15, 0.2) is 39.1 Å². The number of H-pyrrole nitrogens is 2. The van der Waals surface area contributed by atoms with Crippen LogP contribution in [-0.2, 0) is 0 Å². The molecule has 0 spiro atoms.